The Bertz CT molecular complexity index is 1050. The molecule has 0 unspecified atom stereocenters. The van der Waals surface area contributed by atoms with E-state index in [2.05, 4.69) is 25.5 Å². The van der Waals surface area contributed by atoms with Gasteiger partial charge in [0.25, 0.3) is 5.91 Å². The molecule has 2 amide bonds. The van der Waals surface area contributed by atoms with Crippen LogP contribution in [-0.4, -0.2) is 68.7 Å². The van der Waals surface area contributed by atoms with Crippen LogP contribution >= 0.6 is 0 Å². The lowest BCUT2D eigenvalue weighted by Crippen LogP contribution is -2.49. The number of furan rings is 1. The standard InChI is InChI=1S/C21H25N7O3/c29-20(23-16-7-11-27(12-8-16)21(30)17-2-1-13-31-17)15-5-9-26(10-6-15)19-4-3-18-24-22-14-28(18)25-19/h1-4,13-16H,5-12H2,(H,23,29). The van der Waals surface area contributed by atoms with Crippen molar-refractivity contribution in [1.29, 1.82) is 0 Å². The van der Waals surface area contributed by atoms with E-state index in [1.807, 2.05) is 12.1 Å². The number of hydrogen-bond donors (Lipinski definition) is 1. The van der Waals surface area contributed by atoms with Gasteiger partial charge in [-0.05, 0) is 49.9 Å². The lowest BCUT2D eigenvalue weighted by molar-refractivity contribution is -0.126. The fourth-order valence-electron chi connectivity index (χ4n) is 4.36. The van der Waals surface area contributed by atoms with Gasteiger partial charge in [-0.1, -0.05) is 0 Å². The van der Waals surface area contributed by atoms with Crippen LogP contribution in [0.15, 0.2) is 41.3 Å². The first-order valence-corrected chi connectivity index (χ1v) is 10.7. The van der Waals surface area contributed by atoms with E-state index < -0.39 is 0 Å². The summed E-state index contributed by atoms with van der Waals surface area (Å²) >= 11 is 0. The minimum absolute atomic E-state index is 0.0117. The van der Waals surface area contributed by atoms with Crippen molar-refractivity contribution in [2.45, 2.75) is 31.7 Å². The Balaban J connectivity index is 1.09. The van der Waals surface area contributed by atoms with E-state index in [0.717, 1.165) is 50.2 Å². The Kier molecular flexibility index (Phi) is 5.27. The second-order valence-electron chi connectivity index (χ2n) is 8.14. The molecule has 5 rings (SSSR count). The van der Waals surface area contributed by atoms with E-state index >= 15 is 0 Å². The molecule has 0 spiro atoms. The first-order valence-electron chi connectivity index (χ1n) is 10.7. The molecule has 31 heavy (non-hydrogen) atoms. The summed E-state index contributed by atoms with van der Waals surface area (Å²) < 4.78 is 6.86. The van der Waals surface area contributed by atoms with E-state index in [0.29, 0.717) is 18.8 Å². The van der Waals surface area contributed by atoms with Gasteiger partial charge in [0.15, 0.2) is 11.4 Å². The lowest BCUT2D eigenvalue weighted by Gasteiger charge is -2.35. The monoisotopic (exact) mass is 423 g/mol. The zero-order valence-corrected chi connectivity index (χ0v) is 17.2. The van der Waals surface area contributed by atoms with Gasteiger partial charge >= 0.3 is 0 Å². The van der Waals surface area contributed by atoms with E-state index in [4.69, 9.17) is 4.42 Å². The number of carbonyl (C=O) groups excluding carboxylic acids is 2. The summed E-state index contributed by atoms with van der Waals surface area (Å²) in [7, 11) is 0. The third kappa shape index (κ3) is 4.10. The normalized spacial score (nSPS) is 18.5. The lowest BCUT2D eigenvalue weighted by atomic mass is 9.94. The van der Waals surface area contributed by atoms with Crippen molar-refractivity contribution >= 4 is 23.3 Å². The Morgan fingerprint density at radius 3 is 2.58 bits per heavy atom. The molecule has 10 heteroatoms. The van der Waals surface area contributed by atoms with Gasteiger partial charge in [-0.25, -0.2) is 0 Å². The van der Waals surface area contributed by atoms with Crippen LogP contribution in [0.4, 0.5) is 5.82 Å². The average molecular weight is 423 g/mol. The number of aromatic nitrogens is 4. The molecule has 5 heterocycles. The third-order valence-electron chi connectivity index (χ3n) is 6.20. The average Bonchev–Trinajstić information content (AvgIpc) is 3.51. The number of likely N-dealkylation sites (tertiary alicyclic amines) is 1. The number of nitrogens with one attached hydrogen (secondary N) is 1. The van der Waals surface area contributed by atoms with E-state index in [-0.39, 0.29) is 23.8 Å². The molecule has 2 saturated heterocycles. The SMILES string of the molecule is O=C(NC1CCN(C(=O)c2ccco2)CC1)C1CCN(c2ccc3nncn3n2)CC1. The highest BCUT2D eigenvalue weighted by Gasteiger charge is 2.30. The van der Waals surface area contributed by atoms with Gasteiger partial charge in [-0.15, -0.1) is 15.3 Å². The van der Waals surface area contributed by atoms with Gasteiger partial charge in [0.1, 0.15) is 12.1 Å². The van der Waals surface area contributed by atoms with Gasteiger partial charge in [0.2, 0.25) is 5.91 Å². The molecule has 0 bridgehead atoms. The van der Waals surface area contributed by atoms with Crippen LogP contribution in [0.1, 0.15) is 36.2 Å². The van der Waals surface area contributed by atoms with E-state index in [9.17, 15) is 9.59 Å². The number of hydrogen-bond acceptors (Lipinski definition) is 7. The van der Waals surface area contributed by atoms with Gasteiger partial charge < -0.3 is 19.5 Å². The molecule has 3 aromatic rings. The van der Waals surface area contributed by atoms with Gasteiger partial charge in [-0.3, -0.25) is 9.59 Å². The van der Waals surface area contributed by atoms with Crippen molar-refractivity contribution in [2.24, 2.45) is 5.92 Å². The molecule has 0 aromatic carbocycles. The van der Waals surface area contributed by atoms with Gasteiger partial charge in [0, 0.05) is 38.1 Å². The van der Waals surface area contributed by atoms with Crippen LogP contribution in [0.3, 0.4) is 0 Å². The first-order chi connectivity index (χ1) is 15.2. The zero-order valence-electron chi connectivity index (χ0n) is 17.2. The van der Waals surface area contributed by atoms with Crippen molar-refractivity contribution in [3.63, 3.8) is 0 Å². The van der Waals surface area contributed by atoms with Crippen molar-refractivity contribution in [2.75, 3.05) is 31.1 Å². The maximum atomic E-state index is 12.8. The van der Waals surface area contributed by atoms with E-state index in [1.165, 1.54) is 6.26 Å². The number of piperidine rings is 2. The molecule has 10 nitrogen and oxygen atoms in total. The Morgan fingerprint density at radius 1 is 1.03 bits per heavy atom. The molecular formula is C21H25N7O3. The van der Waals surface area contributed by atoms with Crippen LogP contribution in [0.2, 0.25) is 0 Å². The maximum absolute atomic E-state index is 12.8. The van der Waals surface area contributed by atoms with Gasteiger partial charge in [0.05, 0.1) is 6.26 Å². The molecule has 0 aliphatic carbocycles. The summed E-state index contributed by atoms with van der Waals surface area (Å²) in [4.78, 5) is 29.1. The molecule has 3 aromatic heterocycles. The molecule has 1 N–H and O–H groups in total. The second-order valence-corrected chi connectivity index (χ2v) is 8.14. The quantitative estimate of drug-likeness (QED) is 0.675. The highest BCUT2D eigenvalue weighted by atomic mass is 16.3. The number of nitrogens with zero attached hydrogens (tertiary/aromatic N) is 6. The summed E-state index contributed by atoms with van der Waals surface area (Å²) in [6.45, 7) is 2.82. The topological polar surface area (TPSA) is 109 Å². The second kappa shape index (κ2) is 8.37. The summed E-state index contributed by atoms with van der Waals surface area (Å²) in [6.07, 6.45) is 6.22. The summed E-state index contributed by atoms with van der Waals surface area (Å²) in [5.74, 6) is 1.29. The molecule has 0 radical (unpaired) electrons. The van der Waals surface area contributed by atoms with Crippen LogP contribution < -0.4 is 10.2 Å². The Morgan fingerprint density at radius 2 is 1.84 bits per heavy atom. The number of anilines is 1. The highest BCUT2D eigenvalue weighted by molar-refractivity contribution is 5.91. The fourth-order valence-corrected chi connectivity index (χ4v) is 4.36. The highest BCUT2D eigenvalue weighted by Crippen LogP contribution is 2.23. The molecular weight excluding hydrogens is 398 g/mol. The largest absolute Gasteiger partial charge is 0.459 e. The number of carbonyl (C=O) groups is 2. The molecule has 162 valence electrons. The first kappa shape index (κ1) is 19.5. The molecule has 0 saturated carbocycles. The van der Waals surface area contributed by atoms with Crippen LogP contribution in [0.5, 0.6) is 0 Å². The maximum Gasteiger partial charge on any atom is 0.289 e. The number of rotatable bonds is 4. The molecule has 0 atom stereocenters. The third-order valence-corrected chi connectivity index (χ3v) is 6.20. The fraction of sp³-hybridized carbons (Fsp3) is 0.476. The Hall–Kier alpha value is -3.43. The molecule has 2 aliphatic rings. The minimum Gasteiger partial charge on any atom is -0.459 e. The van der Waals surface area contributed by atoms with Crippen LogP contribution in [0, 0.1) is 5.92 Å². The van der Waals surface area contributed by atoms with Crippen molar-refractivity contribution in [3.05, 3.63) is 42.6 Å². The number of fused-ring (bicyclic) bond motifs is 1. The predicted octanol–water partition coefficient (Wildman–Crippen LogP) is 1.35. The van der Waals surface area contributed by atoms with Crippen LogP contribution in [-0.2, 0) is 4.79 Å². The summed E-state index contributed by atoms with van der Waals surface area (Å²) in [5, 5.41) is 15.6. The predicted molar refractivity (Wildman–Crippen MR) is 111 cm³/mol. The Labute approximate surface area is 179 Å². The van der Waals surface area contributed by atoms with Crippen molar-refractivity contribution in [1.82, 2.24) is 30.0 Å². The van der Waals surface area contributed by atoms with Gasteiger partial charge in [-0.2, -0.15) is 4.52 Å². The minimum atomic E-state index is -0.0829. The smallest absolute Gasteiger partial charge is 0.289 e. The van der Waals surface area contributed by atoms with E-state index in [1.54, 1.807) is 27.9 Å². The summed E-state index contributed by atoms with van der Waals surface area (Å²) in [6, 6.07) is 7.36. The molecule has 2 aliphatic heterocycles. The molecule has 2 fully saturated rings. The summed E-state index contributed by atoms with van der Waals surface area (Å²) in [5.41, 5.74) is 0.718. The van der Waals surface area contributed by atoms with Crippen molar-refractivity contribution < 1.29 is 14.0 Å². The number of amides is 2. The van der Waals surface area contributed by atoms with Crippen LogP contribution in [0.25, 0.3) is 5.65 Å². The zero-order chi connectivity index (χ0) is 21.2. The van der Waals surface area contributed by atoms with Crippen molar-refractivity contribution in [3.8, 4) is 0 Å².